The molecule has 0 unspecified atom stereocenters. The fraction of sp³-hybridized carbons (Fsp3) is 0.167. The van der Waals surface area contributed by atoms with Crippen molar-refractivity contribution < 1.29 is 4.79 Å². The first kappa shape index (κ1) is 14.4. The van der Waals surface area contributed by atoms with Gasteiger partial charge in [0.15, 0.2) is 0 Å². The van der Waals surface area contributed by atoms with E-state index in [9.17, 15) is 9.59 Å². The molecular formula is C18H16N4O2. The molecule has 24 heavy (non-hydrogen) atoms. The quantitative estimate of drug-likeness (QED) is 0.782. The van der Waals surface area contributed by atoms with E-state index in [1.54, 1.807) is 4.90 Å². The Hall–Kier alpha value is -3.15. The van der Waals surface area contributed by atoms with E-state index in [1.807, 2.05) is 53.4 Å². The summed E-state index contributed by atoms with van der Waals surface area (Å²) in [7, 11) is 0. The van der Waals surface area contributed by atoms with Crippen LogP contribution in [0.15, 0.2) is 59.9 Å². The van der Waals surface area contributed by atoms with Crippen LogP contribution < -0.4 is 5.56 Å². The van der Waals surface area contributed by atoms with Gasteiger partial charge in [0, 0.05) is 35.8 Å². The zero-order chi connectivity index (χ0) is 16.5. The smallest absolute Gasteiger partial charge is 0.254 e. The number of hydrogen-bond donors (Lipinski definition) is 1. The Balaban J connectivity index is 1.61. The van der Waals surface area contributed by atoms with Crippen LogP contribution in [-0.2, 0) is 13.0 Å². The third kappa shape index (κ3) is 2.52. The summed E-state index contributed by atoms with van der Waals surface area (Å²) in [4.78, 5) is 33.1. The molecule has 1 N–H and O–H groups in total. The number of nitrogens with one attached hydrogen (secondary N) is 1. The molecule has 3 heterocycles. The zero-order valence-corrected chi connectivity index (χ0v) is 13.0. The molecule has 1 aromatic carbocycles. The normalized spacial score (nSPS) is 13.6. The maximum absolute atomic E-state index is 12.8. The number of benzene rings is 1. The van der Waals surface area contributed by atoms with E-state index in [1.165, 1.54) is 6.33 Å². The summed E-state index contributed by atoms with van der Waals surface area (Å²) >= 11 is 0. The van der Waals surface area contributed by atoms with Crippen LogP contribution in [0.5, 0.6) is 0 Å². The van der Waals surface area contributed by atoms with Gasteiger partial charge in [0.2, 0.25) is 0 Å². The fourth-order valence-corrected chi connectivity index (χ4v) is 3.03. The Labute approximate surface area is 138 Å². The molecule has 0 radical (unpaired) electrons. The van der Waals surface area contributed by atoms with E-state index in [-0.39, 0.29) is 11.5 Å². The standard InChI is InChI=1S/C18H16N4O2/c23-17-15-6-9-22(11-16(15)19-12-20-17)18(24)13-4-3-5-14(10-13)21-7-1-2-8-21/h1-5,7-8,10,12H,6,9,11H2,(H,19,20,23). The largest absolute Gasteiger partial charge is 0.332 e. The molecule has 1 aliphatic rings. The van der Waals surface area contributed by atoms with E-state index in [0.29, 0.717) is 36.3 Å². The van der Waals surface area contributed by atoms with E-state index in [0.717, 1.165) is 5.69 Å². The molecule has 6 heteroatoms. The Morgan fingerprint density at radius 2 is 2.00 bits per heavy atom. The molecule has 1 aliphatic heterocycles. The molecule has 0 bridgehead atoms. The minimum Gasteiger partial charge on any atom is -0.332 e. The number of rotatable bonds is 2. The highest BCUT2D eigenvalue weighted by Gasteiger charge is 2.24. The van der Waals surface area contributed by atoms with Crippen LogP contribution in [-0.4, -0.2) is 31.9 Å². The molecule has 0 aliphatic carbocycles. The lowest BCUT2D eigenvalue weighted by atomic mass is 10.1. The topological polar surface area (TPSA) is 71.0 Å². The van der Waals surface area contributed by atoms with Gasteiger partial charge < -0.3 is 14.5 Å². The van der Waals surface area contributed by atoms with Crippen molar-refractivity contribution >= 4 is 5.91 Å². The maximum atomic E-state index is 12.8. The van der Waals surface area contributed by atoms with Gasteiger partial charge in [-0.15, -0.1) is 0 Å². The van der Waals surface area contributed by atoms with Crippen molar-refractivity contribution in [2.24, 2.45) is 0 Å². The Morgan fingerprint density at radius 3 is 2.83 bits per heavy atom. The van der Waals surface area contributed by atoms with E-state index < -0.39 is 0 Å². The van der Waals surface area contributed by atoms with Gasteiger partial charge in [0.25, 0.3) is 11.5 Å². The minimum atomic E-state index is -0.110. The molecule has 120 valence electrons. The third-order valence-electron chi connectivity index (χ3n) is 4.29. The predicted octanol–water partition coefficient (Wildman–Crippen LogP) is 1.76. The molecule has 6 nitrogen and oxygen atoms in total. The number of H-pyrrole nitrogens is 1. The van der Waals surface area contributed by atoms with Crippen molar-refractivity contribution in [3.63, 3.8) is 0 Å². The molecule has 4 rings (SSSR count). The first-order chi connectivity index (χ1) is 11.7. The predicted molar refractivity (Wildman–Crippen MR) is 89.1 cm³/mol. The zero-order valence-electron chi connectivity index (χ0n) is 13.0. The average Bonchev–Trinajstić information content (AvgIpc) is 3.16. The first-order valence-electron chi connectivity index (χ1n) is 7.80. The van der Waals surface area contributed by atoms with Gasteiger partial charge in [-0.2, -0.15) is 0 Å². The van der Waals surface area contributed by atoms with E-state index in [4.69, 9.17) is 0 Å². The Bertz CT molecular complexity index is 944. The van der Waals surface area contributed by atoms with Crippen LogP contribution in [0, 0.1) is 0 Å². The van der Waals surface area contributed by atoms with Crippen molar-refractivity contribution in [2.45, 2.75) is 13.0 Å². The molecular weight excluding hydrogens is 304 g/mol. The fourth-order valence-electron chi connectivity index (χ4n) is 3.03. The number of fused-ring (bicyclic) bond motifs is 1. The summed E-state index contributed by atoms with van der Waals surface area (Å²) in [6.45, 7) is 0.889. The van der Waals surface area contributed by atoms with Crippen molar-refractivity contribution in [2.75, 3.05) is 6.54 Å². The highest BCUT2D eigenvalue weighted by molar-refractivity contribution is 5.94. The summed E-state index contributed by atoms with van der Waals surface area (Å²) in [5.74, 6) is -0.0447. The van der Waals surface area contributed by atoms with Gasteiger partial charge in [-0.25, -0.2) is 4.98 Å². The van der Waals surface area contributed by atoms with Crippen molar-refractivity contribution in [3.8, 4) is 5.69 Å². The Kier molecular flexibility index (Phi) is 3.49. The second-order valence-electron chi connectivity index (χ2n) is 5.77. The molecule has 1 amide bonds. The number of aromatic nitrogens is 3. The SMILES string of the molecule is O=C(c1cccc(-n2cccc2)c1)N1CCc2c(nc[nH]c2=O)C1. The lowest BCUT2D eigenvalue weighted by Crippen LogP contribution is -2.38. The molecule has 3 aromatic rings. The van der Waals surface area contributed by atoms with E-state index >= 15 is 0 Å². The summed E-state index contributed by atoms with van der Waals surface area (Å²) < 4.78 is 1.96. The van der Waals surface area contributed by atoms with Crippen molar-refractivity contribution in [1.29, 1.82) is 0 Å². The van der Waals surface area contributed by atoms with Crippen LogP contribution in [0.1, 0.15) is 21.6 Å². The van der Waals surface area contributed by atoms with Crippen LogP contribution in [0.2, 0.25) is 0 Å². The second kappa shape index (κ2) is 5.81. The van der Waals surface area contributed by atoms with Crippen molar-refractivity contribution in [3.05, 3.63) is 82.3 Å². The minimum absolute atomic E-state index is 0.0447. The molecule has 0 atom stereocenters. The summed E-state index contributed by atoms with van der Waals surface area (Å²) in [6, 6.07) is 11.4. The van der Waals surface area contributed by atoms with Gasteiger partial charge in [-0.3, -0.25) is 9.59 Å². The molecule has 0 spiro atoms. The van der Waals surface area contributed by atoms with Gasteiger partial charge in [-0.05, 0) is 36.8 Å². The van der Waals surface area contributed by atoms with Gasteiger partial charge >= 0.3 is 0 Å². The van der Waals surface area contributed by atoms with Gasteiger partial charge in [0.1, 0.15) is 0 Å². The molecule has 0 saturated carbocycles. The number of amides is 1. The van der Waals surface area contributed by atoms with Crippen LogP contribution >= 0.6 is 0 Å². The summed E-state index contributed by atoms with van der Waals surface area (Å²) in [5, 5.41) is 0. The third-order valence-corrected chi connectivity index (χ3v) is 4.29. The average molecular weight is 320 g/mol. The monoisotopic (exact) mass is 320 g/mol. The first-order valence-corrected chi connectivity index (χ1v) is 7.80. The van der Waals surface area contributed by atoms with Crippen LogP contribution in [0.3, 0.4) is 0 Å². The number of nitrogens with zero attached hydrogens (tertiary/aromatic N) is 3. The lowest BCUT2D eigenvalue weighted by Gasteiger charge is -2.27. The van der Waals surface area contributed by atoms with E-state index in [2.05, 4.69) is 9.97 Å². The lowest BCUT2D eigenvalue weighted by molar-refractivity contribution is 0.0731. The molecule has 0 fully saturated rings. The second-order valence-corrected chi connectivity index (χ2v) is 5.77. The molecule has 2 aromatic heterocycles. The summed E-state index contributed by atoms with van der Waals surface area (Å²) in [6.07, 6.45) is 5.80. The Morgan fingerprint density at radius 1 is 1.17 bits per heavy atom. The maximum Gasteiger partial charge on any atom is 0.254 e. The highest BCUT2D eigenvalue weighted by Crippen LogP contribution is 2.18. The number of hydrogen-bond acceptors (Lipinski definition) is 3. The van der Waals surface area contributed by atoms with Gasteiger partial charge in [0.05, 0.1) is 18.6 Å². The number of carbonyl (C=O) groups excluding carboxylic acids is 1. The van der Waals surface area contributed by atoms with Crippen LogP contribution in [0.4, 0.5) is 0 Å². The van der Waals surface area contributed by atoms with Crippen LogP contribution in [0.25, 0.3) is 5.69 Å². The number of aromatic amines is 1. The summed E-state index contributed by atoms with van der Waals surface area (Å²) in [5.41, 5.74) is 2.83. The van der Waals surface area contributed by atoms with Crippen molar-refractivity contribution in [1.82, 2.24) is 19.4 Å². The molecule has 0 saturated heterocycles. The number of carbonyl (C=O) groups is 1. The highest BCUT2D eigenvalue weighted by atomic mass is 16.2. The van der Waals surface area contributed by atoms with Gasteiger partial charge in [-0.1, -0.05) is 6.07 Å².